The van der Waals surface area contributed by atoms with Crippen molar-refractivity contribution in [3.63, 3.8) is 0 Å². The Bertz CT molecular complexity index is 764. The van der Waals surface area contributed by atoms with E-state index in [0.29, 0.717) is 19.0 Å². The Morgan fingerprint density at radius 2 is 1.64 bits per heavy atom. The van der Waals surface area contributed by atoms with E-state index >= 15 is 0 Å². The van der Waals surface area contributed by atoms with E-state index in [4.69, 9.17) is 14.2 Å². The zero-order chi connectivity index (χ0) is 20.5. The number of carbonyl (C=O) groups is 1. The summed E-state index contributed by atoms with van der Waals surface area (Å²) in [6.45, 7) is 8.88. The molecular weight excluding hydrogens is 374 g/mol. The average molecular weight is 404 g/mol. The number of ether oxygens (including phenoxy) is 3. The molecule has 0 fully saturated rings. The Balaban J connectivity index is 2.00. The van der Waals surface area contributed by atoms with Crippen molar-refractivity contribution < 1.29 is 19.0 Å². The zero-order valence-electron chi connectivity index (χ0n) is 17.2. The van der Waals surface area contributed by atoms with Crippen LogP contribution in [0.5, 0.6) is 17.2 Å². The third kappa shape index (κ3) is 6.09. The smallest absolute Gasteiger partial charge is 0.233 e. The summed E-state index contributed by atoms with van der Waals surface area (Å²) >= 11 is 1.52. The summed E-state index contributed by atoms with van der Waals surface area (Å²) in [6.07, 6.45) is 0. The highest BCUT2D eigenvalue weighted by Crippen LogP contribution is 2.31. The standard InChI is InChI=1S/C22H29NO4S/c1-6-26-20-13-8-17(14-21(20)27-7-2)15(3)23-22(24)16(4)28-19-11-9-18(25-5)10-12-19/h8-16H,6-7H2,1-5H3,(H,23,24)/t15-,16+/m0/s1. The lowest BCUT2D eigenvalue weighted by Crippen LogP contribution is -2.33. The number of hydrogen-bond donors (Lipinski definition) is 1. The van der Waals surface area contributed by atoms with Crippen LogP contribution >= 0.6 is 11.8 Å². The van der Waals surface area contributed by atoms with Gasteiger partial charge in [0.25, 0.3) is 0 Å². The van der Waals surface area contributed by atoms with Crippen LogP contribution in [-0.4, -0.2) is 31.5 Å². The number of hydrogen-bond acceptors (Lipinski definition) is 5. The fourth-order valence-corrected chi connectivity index (χ4v) is 3.54. The summed E-state index contributed by atoms with van der Waals surface area (Å²) < 4.78 is 16.4. The van der Waals surface area contributed by atoms with Crippen molar-refractivity contribution in [2.24, 2.45) is 0 Å². The molecule has 2 atom stereocenters. The van der Waals surface area contributed by atoms with Crippen LogP contribution in [0.25, 0.3) is 0 Å². The number of benzene rings is 2. The molecule has 152 valence electrons. The maximum atomic E-state index is 12.6. The minimum Gasteiger partial charge on any atom is -0.497 e. The second-order valence-corrected chi connectivity index (χ2v) is 7.65. The van der Waals surface area contributed by atoms with Crippen molar-refractivity contribution in [1.29, 1.82) is 0 Å². The first kappa shape index (κ1) is 22.0. The van der Waals surface area contributed by atoms with Gasteiger partial charge in [0.05, 0.1) is 31.6 Å². The lowest BCUT2D eigenvalue weighted by molar-refractivity contribution is -0.120. The van der Waals surface area contributed by atoms with Gasteiger partial charge in [-0.2, -0.15) is 0 Å². The van der Waals surface area contributed by atoms with Crippen molar-refractivity contribution in [3.05, 3.63) is 48.0 Å². The number of carbonyl (C=O) groups excluding carboxylic acids is 1. The predicted molar refractivity (Wildman–Crippen MR) is 114 cm³/mol. The van der Waals surface area contributed by atoms with Crippen LogP contribution in [0, 0.1) is 0 Å². The molecule has 2 aromatic carbocycles. The summed E-state index contributed by atoms with van der Waals surface area (Å²) in [6, 6.07) is 13.3. The number of thioether (sulfide) groups is 1. The molecule has 5 nitrogen and oxygen atoms in total. The van der Waals surface area contributed by atoms with E-state index in [0.717, 1.165) is 22.0 Å². The molecule has 0 aliphatic carbocycles. The molecule has 0 saturated heterocycles. The normalized spacial score (nSPS) is 12.8. The Morgan fingerprint density at radius 3 is 2.25 bits per heavy atom. The first-order valence-electron chi connectivity index (χ1n) is 9.49. The summed E-state index contributed by atoms with van der Waals surface area (Å²) in [7, 11) is 1.64. The van der Waals surface area contributed by atoms with Gasteiger partial charge in [-0.1, -0.05) is 6.07 Å². The van der Waals surface area contributed by atoms with E-state index in [1.54, 1.807) is 7.11 Å². The Hall–Kier alpha value is -2.34. The fourth-order valence-electron chi connectivity index (χ4n) is 2.66. The average Bonchev–Trinajstić information content (AvgIpc) is 2.70. The predicted octanol–water partition coefficient (Wildman–Crippen LogP) is 4.85. The Labute approximate surface area is 171 Å². The monoisotopic (exact) mass is 403 g/mol. The molecule has 0 bridgehead atoms. The first-order chi connectivity index (χ1) is 13.5. The van der Waals surface area contributed by atoms with Crippen molar-refractivity contribution in [3.8, 4) is 17.2 Å². The summed E-state index contributed by atoms with van der Waals surface area (Å²) in [5, 5.41) is 2.86. The zero-order valence-corrected chi connectivity index (χ0v) is 18.0. The molecule has 0 aromatic heterocycles. The molecule has 1 N–H and O–H groups in total. The topological polar surface area (TPSA) is 56.8 Å². The molecular formula is C22H29NO4S. The summed E-state index contributed by atoms with van der Waals surface area (Å²) in [5.74, 6) is 2.20. The van der Waals surface area contributed by atoms with Crippen LogP contribution in [0.4, 0.5) is 0 Å². The molecule has 0 saturated carbocycles. The van der Waals surface area contributed by atoms with E-state index in [2.05, 4.69) is 5.32 Å². The second kappa shape index (κ2) is 10.9. The van der Waals surface area contributed by atoms with Gasteiger partial charge in [0.2, 0.25) is 5.91 Å². The molecule has 0 heterocycles. The van der Waals surface area contributed by atoms with Gasteiger partial charge in [-0.3, -0.25) is 4.79 Å². The number of amides is 1. The summed E-state index contributed by atoms with van der Waals surface area (Å²) in [5.41, 5.74) is 0.974. The Kier molecular flexibility index (Phi) is 8.51. The molecule has 2 aromatic rings. The van der Waals surface area contributed by atoms with Gasteiger partial charge in [0.15, 0.2) is 11.5 Å². The number of methoxy groups -OCH3 is 1. The molecule has 1 amide bonds. The van der Waals surface area contributed by atoms with Gasteiger partial charge in [-0.25, -0.2) is 0 Å². The second-order valence-electron chi connectivity index (χ2n) is 6.24. The SMILES string of the molecule is CCOc1ccc([C@H](C)NC(=O)[C@@H](C)Sc2ccc(OC)cc2)cc1OCC. The van der Waals surface area contributed by atoms with Crippen LogP contribution < -0.4 is 19.5 Å². The first-order valence-corrected chi connectivity index (χ1v) is 10.4. The van der Waals surface area contributed by atoms with Crippen molar-refractivity contribution in [2.75, 3.05) is 20.3 Å². The fraction of sp³-hybridized carbons (Fsp3) is 0.409. The van der Waals surface area contributed by atoms with Crippen LogP contribution in [0.3, 0.4) is 0 Å². The van der Waals surface area contributed by atoms with E-state index < -0.39 is 0 Å². The maximum Gasteiger partial charge on any atom is 0.233 e. The molecule has 0 radical (unpaired) electrons. The third-order valence-electron chi connectivity index (χ3n) is 4.17. The lowest BCUT2D eigenvalue weighted by Gasteiger charge is -2.19. The third-order valence-corrected chi connectivity index (χ3v) is 5.28. The molecule has 2 rings (SSSR count). The van der Waals surface area contributed by atoms with E-state index in [1.807, 2.05) is 70.2 Å². The highest BCUT2D eigenvalue weighted by atomic mass is 32.2. The van der Waals surface area contributed by atoms with Gasteiger partial charge < -0.3 is 19.5 Å². The van der Waals surface area contributed by atoms with E-state index in [1.165, 1.54) is 11.8 Å². The van der Waals surface area contributed by atoms with E-state index in [9.17, 15) is 4.79 Å². The molecule has 28 heavy (non-hydrogen) atoms. The molecule has 0 spiro atoms. The maximum absolute atomic E-state index is 12.6. The van der Waals surface area contributed by atoms with Crippen LogP contribution in [0.15, 0.2) is 47.4 Å². The largest absolute Gasteiger partial charge is 0.497 e. The van der Waals surface area contributed by atoms with Crippen molar-refractivity contribution >= 4 is 17.7 Å². The van der Waals surface area contributed by atoms with Gasteiger partial charge in [0.1, 0.15) is 5.75 Å². The number of rotatable bonds is 10. The van der Waals surface area contributed by atoms with Gasteiger partial charge in [0, 0.05) is 4.90 Å². The minimum atomic E-state index is -0.218. The van der Waals surface area contributed by atoms with Crippen molar-refractivity contribution in [1.82, 2.24) is 5.32 Å². The molecule has 6 heteroatoms. The van der Waals surface area contributed by atoms with Gasteiger partial charge in [-0.15, -0.1) is 11.8 Å². The number of nitrogens with one attached hydrogen (secondary N) is 1. The molecule has 0 unspecified atom stereocenters. The van der Waals surface area contributed by atoms with Crippen LogP contribution in [0.2, 0.25) is 0 Å². The lowest BCUT2D eigenvalue weighted by atomic mass is 10.1. The molecule has 0 aliphatic rings. The van der Waals surface area contributed by atoms with Gasteiger partial charge >= 0.3 is 0 Å². The van der Waals surface area contributed by atoms with Crippen molar-refractivity contribution in [2.45, 2.75) is 43.9 Å². The van der Waals surface area contributed by atoms with Crippen LogP contribution in [0.1, 0.15) is 39.3 Å². The summed E-state index contributed by atoms with van der Waals surface area (Å²) in [4.78, 5) is 13.6. The van der Waals surface area contributed by atoms with E-state index in [-0.39, 0.29) is 17.2 Å². The Morgan fingerprint density at radius 1 is 1.00 bits per heavy atom. The quantitative estimate of drug-likeness (QED) is 0.575. The minimum absolute atomic E-state index is 0.0137. The van der Waals surface area contributed by atoms with Gasteiger partial charge in [-0.05, 0) is 69.7 Å². The highest BCUT2D eigenvalue weighted by molar-refractivity contribution is 8.00. The van der Waals surface area contributed by atoms with Crippen LogP contribution in [-0.2, 0) is 4.79 Å². The molecule has 0 aliphatic heterocycles. The highest BCUT2D eigenvalue weighted by Gasteiger charge is 2.18.